The molecule has 5 heteroatoms. The predicted octanol–water partition coefficient (Wildman–Crippen LogP) is 3.54. The van der Waals surface area contributed by atoms with Gasteiger partial charge in [0, 0.05) is 16.9 Å². The van der Waals surface area contributed by atoms with Crippen molar-refractivity contribution in [3.05, 3.63) is 75.6 Å². The first kappa shape index (κ1) is 13.5. The maximum absolute atomic E-state index is 13.4. The second-order valence-electron chi connectivity index (χ2n) is 5.15. The molecule has 0 N–H and O–H groups in total. The number of ether oxygens (including phenoxy) is 1. The zero-order chi connectivity index (χ0) is 14.8. The third-order valence-electron chi connectivity index (χ3n) is 3.64. The van der Waals surface area contributed by atoms with E-state index in [0.29, 0.717) is 24.3 Å². The van der Waals surface area contributed by atoms with Crippen molar-refractivity contribution in [3.63, 3.8) is 0 Å². The molecule has 1 aliphatic rings. The van der Waals surface area contributed by atoms with E-state index in [9.17, 15) is 14.5 Å². The molecule has 0 aromatic heterocycles. The van der Waals surface area contributed by atoms with Crippen molar-refractivity contribution in [2.24, 2.45) is 0 Å². The molecular formula is C16H14FNO3. The first-order valence-corrected chi connectivity index (χ1v) is 6.75. The van der Waals surface area contributed by atoms with E-state index < -0.39 is 11.9 Å². The first-order valence-electron chi connectivity index (χ1n) is 6.75. The summed E-state index contributed by atoms with van der Waals surface area (Å²) >= 11 is 0. The van der Waals surface area contributed by atoms with Crippen LogP contribution in [0, 0.1) is 15.9 Å². The SMILES string of the molecule is O=[N+]([O-])C1CC1c1cc(F)ccc1OCc1ccccc1. The summed E-state index contributed by atoms with van der Waals surface area (Å²) in [6.45, 7) is 0.356. The van der Waals surface area contributed by atoms with E-state index in [4.69, 9.17) is 4.74 Å². The molecule has 21 heavy (non-hydrogen) atoms. The maximum Gasteiger partial charge on any atom is 0.221 e. The molecule has 0 saturated heterocycles. The maximum atomic E-state index is 13.4. The highest BCUT2D eigenvalue weighted by atomic mass is 19.1. The van der Waals surface area contributed by atoms with Gasteiger partial charge in [0.2, 0.25) is 6.04 Å². The van der Waals surface area contributed by atoms with Crippen LogP contribution in [0.3, 0.4) is 0 Å². The summed E-state index contributed by atoms with van der Waals surface area (Å²) in [6, 6.07) is 13.2. The van der Waals surface area contributed by atoms with E-state index in [1.165, 1.54) is 12.1 Å². The molecule has 108 valence electrons. The molecule has 2 aromatic carbocycles. The Morgan fingerprint density at radius 2 is 2.00 bits per heavy atom. The molecule has 0 spiro atoms. The van der Waals surface area contributed by atoms with Gasteiger partial charge >= 0.3 is 0 Å². The summed E-state index contributed by atoms with van der Waals surface area (Å²) in [5.41, 5.74) is 1.59. The highest BCUT2D eigenvalue weighted by molar-refractivity contribution is 5.40. The van der Waals surface area contributed by atoms with Crippen LogP contribution < -0.4 is 4.74 Å². The highest BCUT2D eigenvalue weighted by Crippen LogP contribution is 2.46. The van der Waals surface area contributed by atoms with Crippen LogP contribution in [0.2, 0.25) is 0 Å². The van der Waals surface area contributed by atoms with E-state index >= 15 is 0 Å². The van der Waals surface area contributed by atoms with Crippen LogP contribution in [0.15, 0.2) is 48.5 Å². The lowest BCUT2D eigenvalue weighted by Crippen LogP contribution is -2.05. The van der Waals surface area contributed by atoms with Crippen molar-refractivity contribution in [2.45, 2.75) is 25.0 Å². The Hall–Kier alpha value is -2.43. The molecule has 1 saturated carbocycles. The van der Waals surface area contributed by atoms with Crippen molar-refractivity contribution in [3.8, 4) is 5.75 Å². The van der Waals surface area contributed by atoms with Gasteiger partial charge in [0.15, 0.2) is 0 Å². The second-order valence-corrected chi connectivity index (χ2v) is 5.15. The van der Waals surface area contributed by atoms with Gasteiger partial charge in [-0.2, -0.15) is 0 Å². The molecule has 0 amide bonds. The van der Waals surface area contributed by atoms with E-state index in [1.807, 2.05) is 30.3 Å². The second kappa shape index (κ2) is 5.52. The zero-order valence-electron chi connectivity index (χ0n) is 11.2. The average molecular weight is 287 g/mol. The van der Waals surface area contributed by atoms with Gasteiger partial charge in [-0.3, -0.25) is 10.1 Å². The summed E-state index contributed by atoms with van der Waals surface area (Å²) in [6.07, 6.45) is 0.443. The summed E-state index contributed by atoms with van der Waals surface area (Å²) < 4.78 is 19.1. The van der Waals surface area contributed by atoms with Crippen molar-refractivity contribution in [2.75, 3.05) is 0 Å². The van der Waals surface area contributed by atoms with Crippen LogP contribution in [0.1, 0.15) is 23.5 Å². The minimum Gasteiger partial charge on any atom is -0.489 e. The quantitative estimate of drug-likeness (QED) is 0.624. The summed E-state index contributed by atoms with van der Waals surface area (Å²) in [7, 11) is 0. The van der Waals surface area contributed by atoms with Crippen LogP contribution in [-0.2, 0) is 6.61 Å². The van der Waals surface area contributed by atoms with Crippen LogP contribution in [-0.4, -0.2) is 11.0 Å². The molecular weight excluding hydrogens is 273 g/mol. The van der Waals surface area contributed by atoms with Gasteiger partial charge in [-0.25, -0.2) is 4.39 Å². The predicted molar refractivity (Wildman–Crippen MR) is 75.3 cm³/mol. The van der Waals surface area contributed by atoms with E-state index in [-0.39, 0.29) is 10.8 Å². The lowest BCUT2D eigenvalue weighted by molar-refractivity contribution is -0.496. The number of hydrogen-bond acceptors (Lipinski definition) is 3. The van der Waals surface area contributed by atoms with Gasteiger partial charge in [-0.1, -0.05) is 30.3 Å². The van der Waals surface area contributed by atoms with Gasteiger partial charge in [0.25, 0.3) is 0 Å². The van der Waals surface area contributed by atoms with Crippen LogP contribution in [0.5, 0.6) is 5.75 Å². The topological polar surface area (TPSA) is 52.4 Å². The monoisotopic (exact) mass is 287 g/mol. The smallest absolute Gasteiger partial charge is 0.221 e. The Morgan fingerprint density at radius 1 is 1.24 bits per heavy atom. The number of nitrogens with zero attached hydrogens (tertiary/aromatic N) is 1. The van der Waals surface area contributed by atoms with Crippen LogP contribution in [0.4, 0.5) is 4.39 Å². The Labute approximate surface area is 121 Å². The molecule has 1 aliphatic carbocycles. The van der Waals surface area contributed by atoms with Crippen molar-refractivity contribution in [1.82, 2.24) is 0 Å². The molecule has 4 nitrogen and oxygen atoms in total. The molecule has 2 aromatic rings. The van der Waals surface area contributed by atoms with Crippen molar-refractivity contribution < 1.29 is 14.1 Å². The Bertz CT molecular complexity index is 660. The molecule has 2 unspecified atom stereocenters. The van der Waals surface area contributed by atoms with E-state index in [0.717, 1.165) is 5.56 Å². The van der Waals surface area contributed by atoms with E-state index in [2.05, 4.69) is 0 Å². The number of nitro groups is 1. The van der Waals surface area contributed by atoms with E-state index in [1.54, 1.807) is 6.07 Å². The molecule has 0 bridgehead atoms. The molecule has 2 atom stereocenters. The lowest BCUT2D eigenvalue weighted by atomic mass is 10.1. The molecule has 0 aliphatic heterocycles. The van der Waals surface area contributed by atoms with Gasteiger partial charge < -0.3 is 4.74 Å². The summed E-state index contributed by atoms with van der Waals surface area (Å²) in [5, 5.41) is 10.8. The third kappa shape index (κ3) is 3.02. The lowest BCUT2D eigenvalue weighted by Gasteiger charge is -2.11. The number of hydrogen-bond donors (Lipinski definition) is 0. The third-order valence-corrected chi connectivity index (χ3v) is 3.64. The van der Waals surface area contributed by atoms with Gasteiger partial charge in [0.1, 0.15) is 18.2 Å². The van der Waals surface area contributed by atoms with Crippen molar-refractivity contribution in [1.29, 1.82) is 0 Å². The molecule has 0 radical (unpaired) electrons. The number of benzene rings is 2. The highest BCUT2D eigenvalue weighted by Gasteiger charge is 2.50. The summed E-state index contributed by atoms with van der Waals surface area (Å²) in [4.78, 5) is 10.5. The normalized spacial score (nSPS) is 20.0. The minimum absolute atomic E-state index is 0.249. The number of rotatable bonds is 5. The van der Waals surface area contributed by atoms with Gasteiger partial charge in [-0.15, -0.1) is 0 Å². The molecule has 1 fully saturated rings. The first-order chi connectivity index (χ1) is 10.1. The van der Waals surface area contributed by atoms with Crippen molar-refractivity contribution >= 4 is 0 Å². The van der Waals surface area contributed by atoms with Gasteiger partial charge in [-0.05, 0) is 23.8 Å². The fourth-order valence-electron chi connectivity index (χ4n) is 2.42. The van der Waals surface area contributed by atoms with Crippen LogP contribution in [0.25, 0.3) is 0 Å². The standard InChI is InChI=1S/C16H14FNO3/c17-12-6-7-16(21-10-11-4-2-1-3-5-11)14(8-12)13-9-15(13)18(19)20/h1-8,13,15H,9-10H2. The van der Waals surface area contributed by atoms with Gasteiger partial charge in [0.05, 0.1) is 5.92 Å². The Morgan fingerprint density at radius 3 is 2.67 bits per heavy atom. The largest absolute Gasteiger partial charge is 0.489 e. The molecule has 0 heterocycles. The summed E-state index contributed by atoms with van der Waals surface area (Å²) in [5.74, 6) is -0.123. The number of halogens is 1. The molecule has 3 rings (SSSR count). The zero-order valence-corrected chi connectivity index (χ0v) is 11.2. The average Bonchev–Trinajstić information content (AvgIpc) is 3.27. The van der Waals surface area contributed by atoms with Crippen LogP contribution >= 0.6 is 0 Å². The Kier molecular flexibility index (Phi) is 3.56. The fourth-order valence-corrected chi connectivity index (χ4v) is 2.42. The Balaban J connectivity index is 1.77. The fraction of sp³-hybridized carbons (Fsp3) is 0.250. The minimum atomic E-state index is -0.620.